The highest BCUT2D eigenvalue weighted by molar-refractivity contribution is 6.04. The molecular formula is C18H24N4O2. The predicted octanol–water partition coefficient (Wildman–Crippen LogP) is 0.623. The van der Waals surface area contributed by atoms with E-state index < -0.39 is 0 Å². The Morgan fingerprint density at radius 3 is 2.46 bits per heavy atom. The van der Waals surface area contributed by atoms with Crippen molar-refractivity contribution < 1.29 is 9.59 Å². The molecule has 0 unspecified atom stereocenters. The molecule has 0 spiro atoms. The molecule has 3 heterocycles. The first-order valence-electron chi connectivity index (χ1n) is 8.73. The minimum Gasteiger partial charge on any atom is -0.308 e. The number of imide groups is 1. The maximum Gasteiger partial charge on any atom is 0.327 e. The summed E-state index contributed by atoms with van der Waals surface area (Å²) >= 11 is 0. The predicted molar refractivity (Wildman–Crippen MR) is 90.5 cm³/mol. The van der Waals surface area contributed by atoms with Crippen LogP contribution in [0.15, 0.2) is 24.3 Å². The minimum absolute atomic E-state index is 0.0244. The Morgan fingerprint density at radius 2 is 1.71 bits per heavy atom. The summed E-state index contributed by atoms with van der Waals surface area (Å²) in [5, 5.41) is 0. The molecule has 0 N–H and O–H groups in total. The second kappa shape index (κ2) is 6.18. The monoisotopic (exact) mass is 328 g/mol. The van der Waals surface area contributed by atoms with Crippen molar-refractivity contribution in [3.8, 4) is 0 Å². The Hall–Kier alpha value is -1.92. The number of hydrogen-bond acceptors (Lipinski definition) is 4. The summed E-state index contributed by atoms with van der Waals surface area (Å²) in [5.41, 5.74) is 2.36. The molecule has 4 rings (SSSR count). The van der Waals surface area contributed by atoms with Crippen molar-refractivity contribution in [1.29, 1.82) is 0 Å². The highest BCUT2D eigenvalue weighted by Gasteiger charge is 2.46. The molecule has 24 heavy (non-hydrogen) atoms. The quantitative estimate of drug-likeness (QED) is 0.764. The van der Waals surface area contributed by atoms with E-state index >= 15 is 0 Å². The van der Waals surface area contributed by atoms with Crippen LogP contribution in [0.25, 0.3) is 0 Å². The molecule has 0 radical (unpaired) electrons. The molecule has 0 aromatic heterocycles. The van der Waals surface area contributed by atoms with Crippen molar-refractivity contribution in [1.82, 2.24) is 19.6 Å². The van der Waals surface area contributed by atoms with Crippen LogP contribution < -0.4 is 0 Å². The molecule has 2 saturated heterocycles. The Kier molecular flexibility index (Phi) is 4.02. The van der Waals surface area contributed by atoms with E-state index in [0.717, 1.165) is 38.3 Å². The molecule has 128 valence electrons. The third kappa shape index (κ3) is 2.70. The lowest BCUT2D eigenvalue weighted by Crippen LogP contribution is -2.47. The lowest BCUT2D eigenvalue weighted by atomic mass is 9.95. The first-order valence-corrected chi connectivity index (χ1v) is 8.73. The van der Waals surface area contributed by atoms with Crippen molar-refractivity contribution in [3.05, 3.63) is 35.4 Å². The number of hydrogen-bond donors (Lipinski definition) is 0. The third-order valence-electron chi connectivity index (χ3n) is 5.51. The Labute approximate surface area is 142 Å². The topological polar surface area (TPSA) is 47.1 Å². The highest BCUT2D eigenvalue weighted by atomic mass is 16.2. The van der Waals surface area contributed by atoms with Crippen LogP contribution in [-0.4, -0.2) is 83.9 Å². The van der Waals surface area contributed by atoms with Gasteiger partial charge in [-0.15, -0.1) is 0 Å². The van der Waals surface area contributed by atoms with Gasteiger partial charge >= 0.3 is 6.03 Å². The number of rotatable bonds is 3. The molecule has 0 bridgehead atoms. The smallest absolute Gasteiger partial charge is 0.308 e. The fourth-order valence-corrected chi connectivity index (χ4v) is 3.89. The van der Waals surface area contributed by atoms with E-state index in [0.29, 0.717) is 19.5 Å². The van der Waals surface area contributed by atoms with Gasteiger partial charge in [-0.3, -0.25) is 14.6 Å². The molecule has 3 aliphatic heterocycles. The maximum atomic E-state index is 12.7. The number of carbonyl (C=O) groups excluding carboxylic acids is 2. The number of fused-ring (bicyclic) bond motifs is 2. The average molecular weight is 328 g/mol. The number of carbonyl (C=O) groups is 2. The minimum atomic E-state index is -0.306. The molecule has 1 aromatic rings. The highest BCUT2D eigenvalue weighted by Crippen LogP contribution is 2.29. The lowest BCUT2D eigenvalue weighted by molar-refractivity contribution is -0.128. The van der Waals surface area contributed by atoms with Crippen LogP contribution in [0.1, 0.15) is 11.1 Å². The van der Waals surface area contributed by atoms with Crippen LogP contribution in [0.5, 0.6) is 0 Å². The standard InChI is InChI=1S/C18H24N4O2/c1-19-6-8-20(9-7-19)10-11-21-17(23)16-12-14-4-2-3-5-15(14)13-22(16)18(21)24/h2-5,16H,6-13H2,1H3/t16-/m0/s1. The fraction of sp³-hybridized carbons (Fsp3) is 0.556. The average Bonchev–Trinajstić information content (AvgIpc) is 2.83. The Bertz CT molecular complexity index is 611. The first kappa shape index (κ1) is 15.6. The van der Waals surface area contributed by atoms with Crippen LogP contribution in [0, 0.1) is 0 Å². The van der Waals surface area contributed by atoms with Gasteiger partial charge in [0.1, 0.15) is 6.04 Å². The molecule has 6 heteroatoms. The zero-order valence-electron chi connectivity index (χ0n) is 14.1. The number of likely N-dealkylation sites (N-methyl/N-ethyl adjacent to an activating group) is 1. The van der Waals surface area contributed by atoms with Gasteiger partial charge in [-0.25, -0.2) is 4.79 Å². The number of amides is 3. The summed E-state index contributed by atoms with van der Waals surface area (Å²) in [4.78, 5) is 33.3. The van der Waals surface area contributed by atoms with Crippen molar-refractivity contribution in [2.24, 2.45) is 0 Å². The summed E-state index contributed by atoms with van der Waals surface area (Å²) in [6.45, 7) is 5.94. The summed E-state index contributed by atoms with van der Waals surface area (Å²) in [6.07, 6.45) is 0.645. The Balaban J connectivity index is 1.42. The second-order valence-electron chi connectivity index (χ2n) is 7.03. The van der Waals surface area contributed by atoms with Crippen LogP contribution in [-0.2, 0) is 17.8 Å². The Morgan fingerprint density at radius 1 is 1.00 bits per heavy atom. The van der Waals surface area contributed by atoms with Gasteiger partial charge < -0.3 is 9.80 Å². The summed E-state index contributed by atoms with van der Waals surface area (Å²) in [5.74, 6) is -0.0244. The van der Waals surface area contributed by atoms with Crippen molar-refractivity contribution in [2.45, 2.75) is 19.0 Å². The number of nitrogens with zero attached hydrogens (tertiary/aromatic N) is 4. The van der Waals surface area contributed by atoms with Crippen LogP contribution in [0.3, 0.4) is 0 Å². The molecule has 0 aliphatic carbocycles. The first-order chi connectivity index (χ1) is 11.6. The molecule has 2 fully saturated rings. The summed E-state index contributed by atoms with van der Waals surface area (Å²) in [6, 6.07) is 7.69. The molecule has 3 aliphatic rings. The third-order valence-corrected chi connectivity index (χ3v) is 5.51. The molecule has 1 atom stereocenters. The molecule has 0 saturated carbocycles. The van der Waals surface area contributed by atoms with Gasteiger partial charge in [-0.2, -0.15) is 0 Å². The maximum absolute atomic E-state index is 12.7. The van der Waals surface area contributed by atoms with Crippen molar-refractivity contribution >= 4 is 11.9 Å². The van der Waals surface area contributed by atoms with Gasteiger partial charge in [-0.1, -0.05) is 24.3 Å². The van der Waals surface area contributed by atoms with Crippen LogP contribution >= 0.6 is 0 Å². The zero-order valence-corrected chi connectivity index (χ0v) is 14.1. The normalized spacial score (nSPS) is 25.1. The van der Waals surface area contributed by atoms with Gasteiger partial charge in [0.2, 0.25) is 0 Å². The zero-order chi connectivity index (χ0) is 16.7. The number of benzene rings is 1. The molecule has 3 amide bonds. The van der Waals surface area contributed by atoms with E-state index in [2.05, 4.69) is 29.0 Å². The van der Waals surface area contributed by atoms with Gasteiger partial charge in [0.05, 0.1) is 0 Å². The lowest BCUT2D eigenvalue weighted by Gasteiger charge is -2.33. The van der Waals surface area contributed by atoms with E-state index in [1.807, 2.05) is 12.1 Å². The number of urea groups is 1. The summed E-state index contributed by atoms with van der Waals surface area (Å²) in [7, 11) is 2.13. The van der Waals surface area contributed by atoms with E-state index in [1.54, 1.807) is 4.90 Å². The second-order valence-corrected chi connectivity index (χ2v) is 7.03. The van der Waals surface area contributed by atoms with Crippen LogP contribution in [0.2, 0.25) is 0 Å². The van der Waals surface area contributed by atoms with E-state index in [9.17, 15) is 9.59 Å². The van der Waals surface area contributed by atoms with Gasteiger partial charge in [0, 0.05) is 52.2 Å². The molecule has 6 nitrogen and oxygen atoms in total. The van der Waals surface area contributed by atoms with E-state index in [-0.39, 0.29) is 18.0 Å². The number of piperazine rings is 1. The van der Waals surface area contributed by atoms with Crippen LogP contribution in [0.4, 0.5) is 4.79 Å². The SMILES string of the molecule is CN1CCN(CCN2C(=O)[C@@H]3Cc4ccccc4CN3C2=O)CC1. The van der Waals surface area contributed by atoms with Gasteiger partial charge in [-0.05, 0) is 18.2 Å². The van der Waals surface area contributed by atoms with E-state index in [1.165, 1.54) is 10.5 Å². The largest absolute Gasteiger partial charge is 0.327 e. The molecule has 1 aromatic carbocycles. The van der Waals surface area contributed by atoms with Crippen molar-refractivity contribution in [3.63, 3.8) is 0 Å². The van der Waals surface area contributed by atoms with Gasteiger partial charge in [0.25, 0.3) is 5.91 Å². The van der Waals surface area contributed by atoms with Gasteiger partial charge in [0.15, 0.2) is 0 Å². The molecular weight excluding hydrogens is 304 g/mol. The van der Waals surface area contributed by atoms with Crippen molar-refractivity contribution in [2.75, 3.05) is 46.3 Å². The van der Waals surface area contributed by atoms with E-state index in [4.69, 9.17) is 0 Å². The fourth-order valence-electron chi connectivity index (χ4n) is 3.89. The summed E-state index contributed by atoms with van der Waals surface area (Å²) < 4.78 is 0.